The molecule has 0 atom stereocenters. The van der Waals surface area contributed by atoms with Crippen molar-refractivity contribution in [1.29, 1.82) is 0 Å². The van der Waals surface area contributed by atoms with E-state index in [2.05, 4.69) is 20.8 Å². The molecular weight excluding hydrogens is 266 g/mol. The van der Waals surface area contributed by atoms with Gasteiger partial charge in [-0.1, -0.05) is 26.8 Å². The van der Waals surface area contributed by atoms with E-state index in [0.29, 0.717) is 13.0 Å². The minimum atomic E-state index is -0.691. The number of benzene rings is 1. The molecule has 0 unspecified atom stereocenters. The summed E-state index contributed by atoms with van der Waals surface area (Å²) in [6, 6.07) is 7.90. The molecule has 0 aliphatic carbocycles. The van der Waals surface area contributed by atoms with Gasteiger partial charge in [0.05, 0.1) is 6.26 Å². The molecule has 0 saturated heterocycles. The molecule has 0 saturated carbocycles. The molecule has 2 rings (SSSR count). The van der Waals surface area contributed by atoms with Gasteiger partial charge in [0.15, 0.2) is 0 Å². The summed E-state index contributed by atoms with van der Waals surface area (Å²) in [5.41, 5.74) is 7.81. The average molecular weight is 291 g/mol. The van der Waals surface area contributed by atoms with Crippen LogP contribution in [0.5, 0.6) is 0 Å². The number of aliphatic carboxylic acids is 1. The first-order valence-corrected chi connectivity index (χ1v) is 7.20. The lowest BCUT2D eigenvalue weighted by Crippen LogP contribution is -2.05. The Hall–Kier alpha value is -1.81. The highest BCUT2D eigenvalue weighted by Crippen LogP contribution is 2.21. The highest BCUT2D eigenvalue weighted by molar-refractivity contribution is 5.77. The van der Waals surface area contributed by atoms with Crippen LogP contribution >= 0.6 is 0 Å². The second kappa shape index (κ2) is 7.84. The predicted molar refractivity (Wildman–Crippen MR) is 85.0 cm³/mol. The van der Waals surface area contributed by atoms with E-state index in [1.165, 1.54) is 0 Å². The fraction of sp³-hybridized carbons (Fsp3) is 0.471. The molecule has 1 heterocycles. The van der Waals surface area contributed by atoms with Crippen LogP contribution < -0.4 is 5.73 Å². The van der Waals surface area contributed by atoms with Crippen molar-refractivity contribution in [1.82, 2.24) is 0 Å². The highest BCUT2D eigenvalue weighted by Gasteiger charge is 2.09. The molecule has 2 aromatic rings. The lowest BCUT2D eigenvalue weighted by Gasteiger charge is -2.16. The van der Waals surface area contributed by atoms with Crippen molar-refractivity contribution in [3.05, 3.63) is 36.1 Å². The average Bonchev–Trinajstić information content (AvgIpc) is 2.84. The zero-order chi connectivity index (χ0) is 15.9. The zero-order valence-electron chi connectivity index (χ0n) is 13.1. The van der Waals surface area contributed by atoms with Gasteiger partial charge in [0.25, 0.3) is 0 Å². The van der Waals surface area contributed by atoms with E-state index in [-0.39, 0.29) is 5.41 Å². The summed E-state index contributed by atoms with van der Waals surface area (Å²) in [5.74, 6) is -0.691. The van der Waals surface area contributed by atoms with Crippen molar-refractivity contribution in [3.63, 3.8) is 0 Å². The quantitative estimate of drug-likeness (QED) is 0.886. The van der Waals surface area contributed by atoms with Crippen LogP contribution in [0.1, 0.15) is 45.6 Å². The predicted octanol–water partition coefficient (Wildman–Crippen LogP) is 4.18. The van der Waals surface area contributed by atoms with Gasteiger partial charge in [-0.05, 0) is 42.0 Å². The van der Waals surface area contributed by atoms with Crippen molar-refractivity contribution in [2.24, 2.45) is 11.1 Å². The molecule has 4 heteroatoms. The number of carboxylic acid groups (broad SMARTS) is 1. The molecule has 0 radical (unpaired) electrons. The third-order valence-electron chi connectivity index (χ3n) is 3.07. The molecule has 3 N–H and O–H groups in total. The Morgan fingerprint density at radius 3 is 2.57 bits per heavy atom. The van der Waals surface area contributed by atoms with Crippen LogP contribution in [0.4, 0.5) is 0 Å². The number of fused-ring (bicyclic) bond motifs is 1. The maximum absolute atomic E-state index is 10.1. The summed E-state index contributed by atoms with van der Waals surface area (Å²) in [7, 11) is 0. The van der Waals surface area contributed by atoms with E-state index in [1.54, 1.807) is 6.26 Å². The minimum Gasteiger partial charge on any atom is -0.481 e. The van der Waals surface area contributed by atoms with Crippen LogP contribution in [-0.2, 0) is 11.3 Å². The van der Waals surface area contributed by atoms with Gasteiger partial charge in [0.1, 0.15) is 5.58 Å². The lowest BCUT2D eigenvalue weighted by molar-refractivity contribution is -0.137. The Bertz CT molecular complexity index is 567. The topological polar surface area (TPSA) is 76.5 Å². The first kappa shape index (κ1) is 17.2. The molecular formula is C17H25NO3. The van der Waals surface area contributed by atoms with Gasteiger partial charge in [-0.25, -0.2) is 0 Å². The number of nitrogens with two attached hydrogens (primary N) is 1. The van der Waals surface area contributed by atoms with Crippen LogP contribution in [0, 0.1) is 5.41 Å². The molecule has 0 aliphatic rings. The summed E-state index contributed by atoms with van der Waals surface area (Å²) in [4.78, 5) is 10.1. The standard InChI is InChI=1S/C9H9NO.C8H16O2/c10-6-7-1-2-9-8(5-7)3-4-11-9;1-8(2,3)6-4-5-7(9)10/h1-5H,6,10H2;4-6H2,1-3H3,(H,9,10). The third kappa shape index (κ3) is 6.95. The van der Waals surface area contributed by atoms with Gasteiger partial charge < -0.3 is 15.3 Å². The van der Waals surface area contributed by atoms with Crippen LogP contribution in [0.25, 0.3) is 11.0 Å². The van der Waals surface area contributed by atoms with Gasteiger partial charge in [0.2, 0.25) is 0 Å². The molecule has 0 fully saturated rings. The first-order valence-electron chi connectivity index (χ1n) is 7.20. The van der Waals surface area contributed by atoms with Gasteiger partial charge in [-0.15, -0.1) is 0 Å². The van der Waals surface area contributed by atoms with Crippen molar-refractivity contribution < 1.29 is 14.3 Å². The molecule has 0 amide bonds. The second-order valence-corrected chi connectivity index (χ2v) is 6.30. The number of carboxylic acids is 1. The fourth-order valence-electron chi connectivity index (χ4n) is 1.91. The number of rotatable bonds is 4. The number of hydrogen-bond acceptors (Lipinski definition) is 3. The van der Waals surface area contributed by atoms with Crippen LogP contribution in [0.2, 0.25) is 0 Å². The molecule has 0 aliphatic heterocycles. The number of furan rings is 1. The summed E-state index contributed by atoms with van der Waals surface area (Å²) in [5, 5.41) is 9.43. The smallest absolute Gasteiger partial charge is 0.303 e. The highest BCUT2D eigenvalue weighted by atomic mass is 16.4. The van der Waals surface area contributed by atoms with Crippen LogP contribution in [0.3, 0.4) is 0 Å². The maximum atomic E-state index is 10.1. The summed E-state index contributed by atoms with van der Waals surface area (Å²) >= 11 is 0. The largest absolute Gasteiger partial charge is 0.481 e. The summed E-state index contributed by atoms with van der Waals surface area (Å²) in [6.07, 6.45) is 3.76. The number of hydrogen-bond donors (Lipinski definition) is 2. The first-order chi connectivity index (χ1) is 9.81. The minimum absolute atomic E-state index is 0.273. The molecule has 4 nitrogen and oxygen atoms in total. The Balaban J connectivity index is 0.000000212. The van der Waals surface area contributed by atoms with E-state index >= 15 is 0 Å². The van der Waals surface area contributed by atoms with Crippen LogP contribution in [0.15, 0.2) is 34.9 Å². The Kier molecular flexibility index (Phi) is 6.43. The Morgan fingerprint density at radius 2 is 2.00 bits per heavy atom. The SMILES string of the molecule is CC(C)(C)CCCC(=O)O.NCc1ccc2occc2c1. The van der Waals surface area contributed by atoms with E-state index in [9.17, 15) is 4.79 Å². The van der Waals surface area contributed by atoms with Gasteiger partial charge >= 0.3 is 5.97 Å². The lowest BCUT2D eigenvalue weighted by atomic mass is 9.90. The van der Waals surface area contributed by atoms with Gasteiger partial charge in [0, 0.05) is 18.4 Å². The Morgan fingerprint density at radius 1 is 1.29 bits per heavy atom. The van der Waals surface area contributed by atoms with Crippen molar-refractivity contribution in [2.75, 3.05) is 0 Å². The van der Waals surface area contributed by atoms with E-state index < -0.39 is 5.97 Å². The number of carbonyl (C=O) groups is 1. The zero-order valence-corrected chi connectivity index (χ0v) is 13.1. The van der Waals surface area contributed by atoms with E-state index in [1.807, 2.05) is 24.3 Å². The van der Waals surface area contributed by atoms with E-state index in [0.717, 1.165) is 29.4 Å². The molecule has 0 spiro atoms. The van der Waals surface area contributed by atoms with Gasteiger partial charge in [-0.2, -0.15) is 0 Å². The van der Waals surface area contributed by atoms with Crippen molar-refractivity contribution in [3.8, 4) is 0 Å². The van der Waals surface area contributed by atoms with E-state index in [4.69, 9.17) is 15.3 Å². The molecule has 1 aromatic heterocycles. The maximum Gasteiger partial charge on any atom is 0.303 e. The normalized spacial score (nSPS) is 11.0. The van der Waals surface area contributed by atoms with Crippen molar-refractivity contribution >= 4 is 16.9 Å². The van der Waals surface area contributed by atoms with Gasteiger partial charge in [-0.3, -0.25) is 4.79 Å². The van der Waals surface area contributed by atoms with Crippen LogP contribution in [-0.4, -0.2) is 11.1 Å². The fourth-order valence-corrected chi connectivity index (χ4v) is 1.91. The molecule has 1 aromatic carbocycles. The third-order valence-corrected chi connectivity index (χ3v) is 3.07. The molecule has 0 bridgehead atoms. The second-order valence-electron chi connectivity index (χ2n) is 6.30. The Labute approximate surface area is 125 Å². The molecule has 116 valence electrons. The summed E-state index contributed by atoms with van der Waals surface area (Å²) < 4.78 is 5.18. The summed E-state index contributed by atoms with van der Waals surface area (Å²) in [6.45, 7) is 6.94. The monoisotopic (exact) mass is 291 g/mol. The molecule has 21 heavy (non-hydrogen) atoms. The van der Waals surface area contributed by atoms with Crippen molar-refractivity contribution in [2.45, 2.75) is 46.6 Å².